The second kappa shape index (κ2) is 5.58. The fraction of sp³-hybridized carbons (Fsp3) is 0.538. The second-order valence-corrected chi connectivity index (χ2v) is 6.92. The van der Waals surface area contributed by atoms with E-state index in [4.69, 9.17) is 5.73 Å². The van der Waals surface area contributed by atoms with E-state index in [0.717, 1.165) is 25.0 Å². The molecule has 0 spiro atoms. The molecule has 1 aliphatic carbocycles. The highest BCUT2D eigenvalue weighted by atomic mass is 32.2. The van der Waals surface area contributed by atoms with Gasteiger partial charge in [-0.25, -0.2) is 8.42 Å². The minimum atomic E-state index is -4.58. The molecule has 0 bridgehead atoms. The molecular formula is C13H17F3N2O2S. The van der Waals surface area contributed by atoms with Gasteiger partial charge in [0.1, 0.15) is 0 Å². The lowest BCUT2D eigenvalue weighted by atomic mass is 10.1. The van der Waals surface area contributed by atoms with Gasteiger partial charge in [0.2, 0.25) is 10.0 Å². The van der Waals surface area contributed by atoms with Crippen LogP contribution in [0, 0.1) is 6.92 Å². The van der Waals surface area contributed by atoms with Crippen molar-refractivity contribution in [1.82, 2.24) is 4.31 Å². The topological polar surface area (TPSA) is 63.4 Å². The molecule has 4 nitrogen and oxygen atoms in total. The molecule has 0 saturated heterocycles. The van der Waals surface area contributed by atoms with Crippen LogP contribution in [0.5, 0.6) is 0 Å². The highest BCUT2D eigenvalue weighted by molar-refractivity contribution is 7.89. The van der Waals surface area contributed by atoms with E-state index in [0.29, 0.717) is 0 Å². The number of nitrogens with zero attached hydrogens (tertiary/aromatic N) is 1. The molecule has 118 valence electrons. The molecule has 1 fully saturated rings. The van der Waals surface area contributed by atoms with Gasteiger partial charge in [0.15, 0.2) is 0 Å². The van der Waals surface area contributed by atoms with Crippen molar-refractivity contribution >= 4 is 10.0 Å². The third-order valence-corrected chi connectivity index (χ3v) is 5.58. The second-order valence-electron chi connectivity index (χ2n) is 5.06. The molecule has 2 rings (SSSR count). The molecule has 0 aromatic heterocycles. The van der Waals surface area contributed by atoms with Crippen LogP contribution in [0.25, 0.3) is 0 Å². The number of halogens is 3. The zero-order valence-corrected chi connectivity index (χ0v) is 12.3. The van der Waals surface area contributed by atoms with Gasteiger partial charge in [-0.1, -0.05) is 6.07 Å². The minimum Gasteiger partial charge on any atom is -0.329 e. The molecule has 1 aromatic rings. The van der Waals surface area contributed by atoms with Gasteiger partial charge in [-0.15, -0.1) is 0 Å². The van der Waals surface area contributed by atoms with Gasteiger partial charge in [0.05, 0.1) is 10.5 Å². The Labute approximate surface area is 121 Å². The summed E-state index contributed by atoms with van der Waals surface area (Å²) in [7, 11) is -3.96. The zero-order chi connectivity index (χ0) is 15.8. The van der Waals surface area contributed by atoms with Crippen molar-refractivity contribution in [3.63, 3.8) is 0 Å². The van der Waals surface area contributed by atoms with E-state index < -0.39 is 21.8 Å². The SMILES string of the molecule is Cc1c(C(F)(F)F)cccc1S(=O)(=O)N(CCN)C1CC1. The van der Waals surface area contributed by atoms with Crippen LogP contribution < -0.4 is 5.73 Å². The van der Waals surface area contributed by atoms with Gasteiger partial charge < -0.3 is 5.73 Å². The smallest absolute Gasteiger partial charge is 0.329 e. The van der Waals surface area contributed by atoms with E-state index in [1.165, 1.54) is 17.3 Å². The molecule has 1 saturated carbocycles. The first-order valence-electron chi connectivity index (χ1n) is 6.58. The quantitative estimate of drug-likeness (QED) is 0.903. The third kappa shape index (κ3) is 3.22. The van der Waals surface area contributed by atoms with Crippen LogP contribution in [-0.4, -0.2) is 31.9 Å². The van der Waals surface area contributed by atoms with E-state index >= 15 is 0 Å². The summed E-state index contributed by atoms with van der Waals surface area (Å²) in [5, 5.41) is 0. The van der Waals surface area contributed by atoms with Crippen molar-refractivity contribution in [2.24, 2.45) is 5.73 Å². The van der Waals surface area contributed by atoms with Crippen molar-refractivity contribution < 1.29 is 21.6 Å². The van der Waals surface area contributed by atoms with E-state index in [9.17, 15) is 21.6 Å². The number of benzene rings is 1. The molecule has 0 radical (unpaired) electrons. The Morgan fingerprint density at radius 3 is 2.43 bits per heavy atom. The Bertz CT molecular complexity index is 625. The van der Waals surface area contributed by atoms with Crippen LogP contribution in [-0.2, 0) is 16.2 Å². The first-order valence-corrected chi connectivity index (χ1v) is 8.02. The van der Waals surface area contributed by atoms with E-state index in [1.807, 2.05) is 0 Å². The van der Waals surface area contributed by atoms with Crippen molar-refractivity contribution in [2.45, 2.75) is 36.9 Å². The van der Waals surface area contributed by atoms with E-state index in [2.05, 4.69) is 0 Å². The molecule has 2 N–H and O–H groups in total. The molecule has 1 aliphatic rings. The van der Waals surface area contributed by atoms with Gasteiger partial charge in [-0.05, 0) is 37.5 Å². The summed E-state index contributed by atoms with van der Waals surface area (Å²) >= 11 is 0. The Balaban J connectivity index is 2.49. The Hall–Kier alpha value is -1.12. The van der Waals surface area contributed by atoms with Gasteiger partial charge in [0, 0.05) is 19.1 Å². The highest BCUT2D eigenvalue weighted by Gasteiger charge is 2.40. The molecule has 0 atom stereocenters. The van der Waals surface area contributed by atoms with Crippen molar-refractivity contribution in [1.29, 1.82) is 0 Å². The predicted molar refractivity (Wildman–Crippen MR) is 72.1 cm³/mol. The lowest BCUT2D eigenvalue weighted by Gasteiger charge is -2.23. The fourth-order valence-corrected chi connectivity index (χ4v) is 4.27. The van der Waals surface area contributed by atoms with Crippen LogP contribution in [0.1, 0.15) is 24.0 Å². The van der Waals surface area contributed by atoms with Crippen LogP contribution in [0.4, 0.5) is 13.2 Å². The zero-order valence-electron chi connectivity index (χ0n) is 11.5. The normalized spacial score (nSPS) is 16.5. The van der Waals surface area contributed by atoms with Crippen molar-refractivity contribution in [3.8, 4) is 0 Å². The van der Waals surface area contributed by atoms with Crippen molar-refractivity contribution in [2.75, 3.05) is 13.1 Å². The lowest BCUT2D eigenvalue weighted by molar-refractivity contribution is -0.138. The van der Waals surface area contributed by atoms with Crippen molar-refractivity contribution in [3.05, 3.63) is 29.3 Å². The van der Waals surface area contributed by atoms with Gasteiger partial charge >= 0.3 is 6.18 Å². The Kier molecular flexibility index (Phi) is 4.32. The molecular weight excluding hydrogens is 305 g/mol. The predicted octanol–water partition coefficient (Wildman–Crippen LogP) is 2.13. The summed E-state index contributed by atoms with van der Waals surface area (Å²) in [6.45, 7) is 1.43. The largest absolute Gasteiger partial charge is 0.416 e. The van der Waals surface area contributed by atoms with Gasteiger partial charge in [-0.3, -0.25) is 0 Å². The standard InChI is InChI=1S/C13H17F3N2O2S/c1-9-11(13(14,15)16)3-2-4-12(9)21(19,20)18(8-7-17)10-5-6-10/h2-4,10H,5-8,17H2,1H3. The third-order valence-electron chi connectivity index (χ3n) is 3.48. The van der Waals surface area contributed by atoms with Crippen LogP contribution in [0.3, 0.4) is 0 Å². The summed E-state index contributed by atoms with van der Waals surface area (Å²) in [4.78, 5) is -0.294. The number of hydrogen-bond acceptors (Lipinski definition) is 3. The summed E-state index contributed by atoms with van der Waals surface area (Å²) < 4.78 is 65.2. The number of sulfonamides is 1. The maximum absolute atomic E-state index is 12.9. The van der Waals surface area contributed by atoms with Crippen LogP contribution in [0.15, 0.2) is 23.1 Å². The minimum absolute atomic E-state index is 0.114. The summed E-state index contributed by atoms with van der Waals surface area (Å²) in [5.41, 5.74) is 4.23. The van der Waals surface area contributed by atoms with Gasteiger partial charge in [0.25, 0.3) is 0 Å². The maximum Gasteiger partial charge on any atom is 0.416 e. The van der Waals surface area contributed by atoms with Gasteiger partial charge in [-0.2, -0.15) is 17.5 Å². The average molecular weight is 322 g/mol. The number of nitrogens with two attached hydrogens (primary N) is 1. The molecule has 0 unspecified atom stereocenters. The summed E-state index contributed by atoms with van der Waals surface area (Å²) in [6, 6.07) is 3.08. The Morgan fingerprint density at radius 1 is 1.33 bits per heavy atom. The Morgan fingerprint density at radius 2 is 1.95 bits per heavy atom. The van der Waals surface area contributed by atoms with Crippen LogP contribution in [0.2, 0.25) is 0 Å². The summed E-state index contributed by atoms with van der Waals surface area (Å²) in [5.74, 6) is 0. The van der Waals surface area contributed by atoms with E-state index in [-0.39, 0.29) is 29.6 Å². The molecule has 0 amide bonds. The van der Waals surface area contributed by atoms with Crippen LogP contribution >= 0.6 is 0 Å². The molecule has 1 aromatic carbocycles. The first-order chi connectivity index (χ1) is 9.69. The molecule has 0 aliphatic heterocycles. The molecule has 21 heavy (non-hydrogen) atoms. The molecule has 8 heteroatoms. The lowest BCUT2D eigenvalue weighted by Crippen LogP contribution is -2.37. The van der Waals surface area contributed by atoms with E-state index in [1.54, 1.807) is 0 Å². The number of alkyl halides is 3. The monoisotopic (exact) mass is 322 g/mol. The highest BCUT2D eigenvalue weighted by Crippen LogP contribution is 2.37. The fourth-order valence-electron chi connectivity index (χ4n) is 2.32. The number of rotatable bonds is 5. The number of hydrogen-bond donors (Lipinski definition) is 1. The average Bonchev–Trinajstić information content (AvgIpc) is 3.18. The molecule has 0 heterocycles. The maximum atomic E-state index is 12.9. The summed E-state index contributed by atoms with van der Waals surface area (Å²) in [6.07, 6.45) is -3.14. The first kappa shape index (κ1) is 16.3.